The number of nitrogens with zero attached hydrogens (tertiary/aromatic N) is 4. The van der Waals surface area contributed by atoms with Crippen LogP contribution in [0.15, 0.2) is 6.07 Å². The van der Waals surface area contributed by atoms with Crippen molar-refractivity contribution in [2.45, 2.75) is 47.1 Å². The van der Waals surface area contributed by atoms with E-state index < -0.39 is 0 Å². The SMILES string of the molecule is CCN(CC(=O)NC(C)(C)C)C(=O)c1cc(C)nc2c1c(C)nn2C. The average Bonchev–Trinajstić information content (AvgIpc) is 2.76. The number of amides is 2. The second kappa shape index (κ2) is 6.82. The van der Waals surface area contributed by atoms with Crippen LogP contribution in [0, 0.1) is 13.8 Å². The van der Waals surface area contributed by atoms with E-state index in [4.69, 9.17) is 0 Å². The van der Waals surface area contributed by atoms with Gasteiger partial charge in [-0.15, -0.1) is 0 Å². The van der Waals surface area contributed by atoms with E-state index in [-0.39, 0.29) is 23.9 Å². The molecule has 2 aromatic heterocycles. The third kappa shape index (κ3) is 4.15. The van der Waals surface area contributed by atoms with Crippen LogP contribution in [-0.4, -0.2) is 50.1 Å². The van der Waals surface area contributed by atoms with Crippen LogP contribution in [-0.2, 0) is 11.8 Å². The maximum Gasteiger partial charge on any atom is 0.255 e. The summed E-state index contributed by atoms with van der Waals surface area (Å²) in [5.74, 6) is -0.356. The van der Waals surface area contributed by atoms with Gasteiger partial charge in [0.15, 0.2) is 5.65 Å². The number of hydrogen-bond acceptors (Lipinski definition) is 4. The molecule has 0 unspecified atom stereocenters. The fourth-order valence-corrected chi connectivity index (χ4v) is 2.87. The Kier molecular flexibility index (Phi) is 5.15. The molecule has 0 fully saturated rings. The first-order valence-electron chi connectivity index (χ1n) is 8.44. The standard InChI is InChI=1S/C18H27N5O2/c1-8-23(10-14(24)20-18(4,5)6)17(25)13-9-11(2)19-16-15(13)12(3)21-22(16)7/h9H,8,10H2,1-7H3,(H,20,24). The number of pyridine rings is 1. The number of hydrogen-bond donors (Lipinski definition) is 1. The van der Waals surface area contributed by atoms with E-state index in [9.17, 15) is 9.59 Å². The zero-order valence-corrected chi connectivity index (χ0v) is 16.1. The average molecular weight is 345 g/mol. The molecule has 2 heterocycles. The lowest BCUT2D eigenvalue weighted by Crippen LogP contribution is -2.47. The Labute approximate surface area is 148 Å². The Balaban J connectivity index is 2.38. The number of carbonyl (C=O) groups excluding carboxylic acids is 2. The lowest BCUT2D eigenvalue weighted by molar-refractivity contribution is -0.123. The van der Waals surface area contributed by atoms with E-state index in [2.05, 4.69) is 15.4 Å². The maximum atomic E-state index is 13.1. The van der Waals surface area contributed by atoms with Crippen LogP contribution in [0.25, 0.3) is 11.0 Å². The summed E-state index contributed by atoms with van der Waals surface area (Å²) in [5, 5.41) is 8.01. The Morgan fingerprint density at radius 2 is 1.92 bits per heavy atom. The summed E-state index contributed by atoms with van der Waals surface area (Å²) < 4.78 is 1.68. The largest absolute Gasteiger partial charge is 0.350 e. The zero-order chi connectivity index (χ0) is 18.9. The molecule has 7 nitrogen and oxygen atoms in total. The highest BCUT2D eigenvalue weighted by molar-refractivity contribution is 6.07. The molecule has 25 heavy (non-hydrogen) atoms. The van der Waals surface area contributed by atoms with Crippen molar-refractivity contribution in [1.82, 2.24) is 25.0 Å². The van der Waals surface area contributed by atoms with Gasteiger partial charge >= 0.3 is 0 Å². The third-order valence-electron chi connectivity index (χ3n) is 3.84. The number of aromatic nitrogens is 3. The molecule has 0 radical (unpaired) electrons. The summed E-state index contributed by atoms with van der Waals surface area (Å²) >= 11 is 0. The van der Waals surface area contributed by atoms with Crippen molar-refractivity contribution in [1.29, 1.82) is 0 Å². The van der Waals surface area contributed by atoms with Crippen molar-refractivity contribution in [2.24, 2.45) is 7.05 Å². The van der Waals surface area contributed by atoms with Crippen LogP contribution in [0.5, 0.6) is 0 Å². The number of fused-ring (bicyclic) bond motifs is 1. The zero-order valence-electron chi connectivity index (χ0n) is 16.1. The minimum Gasteiger partial charge on any atom is -0.350 e. The summed E-state index contributed by atoms with van der Waals surface area (Å²) in [4.78, 5) is 31.3. The predicted molar refractivity (Wildman–Crippen MR) is 97.5 cm³/mol. The van der Waals surface area contributed by atoms with Gasteiger partial charge < -0.3 is 10.2 Å². The summed E-state index contributed by atoms with van der Waals surface area (Å²) in [6.45, 7) is 11.8. The molecular weight excluding hydrogens is 318 g/mol. The van der Waals surface area contributed by atoms with Crippen LogP contribution in [0.1, 0.15) is 49.4 Å². The van der Waals surface area contributed by atoms with Gasteiger partial charge in [0, 0.05) is 24.8 Å². The smallest absolute Gasteiger partial charge is 0.255 e. The van der Waals surface area contributed by atoms with Crippen molar-refractivity contribution in [2.75, 3.05) is 13.1 Å². The van der Waals surface area contributed by atoms with Gasteiger partial charge in [-0.2, -0.15) is 5.10 Å². The summed E-state index contributed by atoms with van der Waals surface area (Å²) in [7, 11) is 1.81. The quantitative estimate of drug-likeness (QED) is 0.918. The molecule has 0 aromatic carbocycles. The van der Waals surface area contributed by atoms with Crippen molar-refractivity contribution >= 4 is 22.8 Å². The Morgan fingerprint density at radius 3 is 2.48 bits per heavy atom. The van der Waals surface area contributed by atoms with Crippen LogP contribution in [0.4, 0.5) is 0 Å². The highest BCUT2D eigenvalue weighted by Crippen LogP contribution is 2.23. The highest BCUT2D eigenvalue weighted by atomic mass is 16.2. The van der Waals surface area contributed by atoms with Crippen LogP contribution >= 0.6 is 0 Å². The molecule has 2 aromatic rings. The second-order valence-electron chi connectivity index (χ2n) is 7.34. The number of aryl methyl sites for hydroxylation is 3. The lowest BCUT2D eigenvalue weighted by Gasteiger charge is -2.25. The molecule has 7 heteroatoms. The summed E-state index contributed by atoms with van der Waals surface area (Å²) in [6, 6.07) is 1.77. The first kappa shape index (κ1) is 18.9. The fourth-order valence-electron chi connectivity index (χ4n) is 2.87. The van der Waals surface area contributed by atoms with Gasteiger partial charge in [0.25, 0.3) is 5.91 Å². The number of rotatable bonds is 4. The molecular formula is C18H27N5O2. The van der Waals surface area contributed by atoms with Crippen molar-refractivity contribution < 1.29 is 9.59 Å². The molecule has 0 aliphatic carbocycles. The summed E-state index contributed by atoms with van der Waals surface area (Å²) in [6.07, 6.45) is 0. The topological polar surface area (TPSA) is 80.1 Å². The third-order valence-corrected chi connectivity index (χ3v) is 3.84. The molecule has 0 spiro atoms. The molecule has 0 saturated carbocycles. The van der Waals surface area contributed by atoms with E-state index in [0.717, 1.165) is 16.8 Å². The fraction of sp³-hybridized carbons (Fsp3) is 0.556. The molecule has 2 amide bonds. The van der Waals surface area contributed by atoms with E-state index in [1.54, 1.807) is 15.6 Å². The number of carbonyl (C=O) groups is 2. The van der Waals surface area contributed by atoms with E-state index in [0.29, 0.717) is 17.8 Å². The monoisotopic (exact) mass is 345 g/mol. The Hall–Kier alpha value is -2.44. The Morgan fingerprint density at radius 1 is 1.28 bits per heavy atom. The van der Waals surface area contributed by atoms with Crippen molar-refractivity contribution in [3.63, 3.8) is 0 Å². The van der Waals surface area contributed by atoms with Crippen molar-refractivity contribution in [3.8, 4) is 0 Å². The van der Waals surface area contributed by atoms with Gasteiger partial charge in [0.1, 0.15) is 0 Å². The van der Waals surface area contributed by atoms with Crippen LogP contribution < -0.4 is 5.32 Å². The second-order valence-corrected chi connectivity index (χ2v) is 7.34. The van der Waals surface area contributed by atoms with Gasteiger partial charge in [-0.3, -0.25) is 14.3 Å². The maximum absolute atomic E-state index is 13.1. The normalized spacial score (nSPS) is 11.6. The van der Waals surface area contributed by atoms with Gasteiger partial charge in [-0.25, -0.2) is 4.98 Å². The van der Waals surface area contributed by atoms with E-state index in [1.165, 1.54) is 0 Å². The van der Waals surface area contributed by atoms with Gasteiger partial charge in [0.05, 0.1) is 23.2 Å². The minimum absolute atomic E-state index is 0.0226. The molecule has 1 N–H and O–H groups in total. The van der Waals surface area contributed by atoms with Gasteiger partial charge in [-0.05, 0) is 47.6 Å². The minimum atomic E-state index is -0.333. The molecule has 0 bridgehead atoms. The predicted octanol–water partition coefficient (Wildman–Crippen LogP) is 1.96. The summed E-state index contributed by atoms with van der Waals surface area (Å²) in [5.41, 5.74) is 2.38. The molecule has 0 saturated heterocycles. The van der Waals surface area contributed by atoms with E-state index >= 15 is 0 Å². The van der Waals surface area contributed by atoms with Crippen molar-refractivity contribution in [3.05, 3.63) is 23.0 Å². The van der Waals surface area contributed by atoms with Crippen LogP contribution in [0.2, 0.25) is 0 Å². The van der Waals surface area contributed by atoms with Gasteiger partial charge in [-0.1, -0.05) is 0 Å². The van der Waals surface area contributed by atoms with Crippen LogP contribution in [0.3, 0.4) is 0 Å². The van der Waals surface area contributed by atoms with E-state index in [1.807, 2.05) is 48.6 Å². The number of likely N-dealkylation sites (N-methyl/N-ethyl adjacent to an activating group) is 1. The molecule has 0 atom stereocenters. The number of nitrogens with one attached hydrogen (secondary N) is 1. The highest BCUT2D eigenvalue weighted by Gasteiger charge is 2.24. The van der Waals surface area contributed by atoms with Gasteiger partial charge in [0.2, 0.25) is 5.91 Å². The Bertz CT molecular complexity index is 817. The molecule has 0 aliphatic heterocycles. The lowest BCUT2D eigenvalue weighted by atomic mass is 10.1. The molecule has 0 aliphatic rings. The first-order valence-corrected chi connectivity index (χ1v) is 8.44. The first-order chi connectivity index (χ1) is 11.5. The molecule has 2 rings (SSSR count). The molecule has 136 valence electrons.